The maximum atomic E-state index is 12.2. The highest BCUT2D eigenvalue weighted by atomic mass is 16.2. The summed E-state index contributed by atoms with van der Waals surface area (Å²) in [4.78, 5) is 24.4. The summed E-state index contributed by atoms with van der Waals surface area (Å²) in [5.74, 6) is -0.683. The lowest BCUT2D eigenvalue weighted by molar-refractivity contribution is -0.136. The van der Waals surface area contributed by atoms with E-state index in [0.717, 1.165) is 43.6 Å². The van der Waals surface area contributed by atoms with Crippen LogP contribution in [0.4, 0.5) is 5.69 Å². The van der Waals surface area contributed by atoms with Crippen LogP contribution in [0, 0.1) is 19.8 Å². The van der Waals surface area contributed by atoms with Crippen LogP contribution in [0.3, 0.4) is 0 Å². The van der Waals surface area contributed by atoms with E-state index in [1.807, 2.05) is 18.5 Å². The topological polar surface area (TPSA) is 76.0 Å². The van der Waals surface area contributed by atoms with Gasteiger partial charge in [0.05, 0.1) is 17.1 Å². The molecule has 1 aliphatic carbocycles. The molecule has 6 heteroatoms. The molecule has 6 nitrogen and oxygen atoms in total. The van der Waals surface area contributed by atoms with Crippen LogP contribution >= 0.6 is 0 Å². The predicted octanol–water partition coefficient (Wildman–Crippen LogP) is 2.93. The normalized spacial score (nSPS) is 16.0. The number of aryl methyl sites for hydroxylation is 1. The molecule has 0 spiro atoms. The maximum absolute atomic E-state index is 12.2. The highest BCUT2D eigenvalue weighted by Gasteiger charge is 2.22. The lowest BCUT2D eigenvalue weighted by atomic mass is 10.1. The predicted molar refractivity (Wildman–Crippen MR) is 94.8 cm³/mol. The van der Waals surface area contributed by atoms with E-state index < -0.39 is 11.8 Å². The molecule has 1 aromatic rings. The average Bonchev–Trinajstić information content (AvgIpc) is 2.72. The number of carbonyl (C=O) groups excluding carboxylic acids is 2. The van der Waals surface area contributed by atoms with E-state index in [1.54, 1.807) is 0 Å². The fourth-order valence-corrected chi connectivity index (χ4v) is 3.25. The van der Waals surface area contributed by atoms with E-state index >= 15 is 0 Å². The van der Waals surface area contributed by atoms with Crippen LogP contribution in [0.15, 0.2) is 0 Å². The summed E-state index contributed by atoms with van der Waals surface area (Å²) in [5, 5.41) is 10.1. The van der Waals surface area contributed by atoms with Crippen LogP contribution in [0.1, 0.15) is 63.8 Å². The van der Waals surface area contributed by atoms with E-state index in [2.05, 4.69) is 29.6 Å². The van der Waals surface area contributed by atoms with Crippen LogP contribution in [-0.4, -0.2) is 27.6 Å². The number of hydrogen-bond acceptors (Lipinski definition) is 3. The zero-order valence-corrected chi connectivity index (χ0v) is 15.3. The van der Waals surface area contributed by atoms with Crippen molar-refractivity contribution in [3.8, 4) is 0 Å². The lowest BCUT2D eigenvalue weighted by Gasteiger charge is -2.16. The van der Waals surface area contributed by atoms with E-state index in [0.29, 0.717) is 11.6 Å². The molecule has 0 radical (unpaired) electrons. The summed E-state index contributed by atoms with van der Waals surface area (Å²) >= 11 is 0. The quantitative estimate of drug-likeness (QED) is 0.656. The van der Waals surface area contributed by atoms with Crippen molar-refractivity contribution in [1.29, 1.82) is 0 Å². The Balaban J connectivity index is 1.98. The zero-order valence-electron chi connectivity index (χ0n) is 15.3. The van der Waals surface area contributed by atoms with Gasteiger partial charge < -0.3 is 10.6 Å². The highest BCUT2D eigenvalue weighted by Crippen LogP contribution is 2.21. The number of anilines is 1. The number of carbonyl (C=O) groups is 2. The van der Waals surface area contributed by atoms with Gasteiger partial charge in [-0.05, 0) is 32.6 Å². The van der Waals surface area contributed by atoms with Gasteiger partial charge in [-0.15, -0.1) is 0 Å². The minimum Gasteiger partial charge on any atom is -0.345 e. The van der Waals surface area contributed by atoms with Crippen LogP contribution in [0.25, 0.3) is 0 Å². The highest BCUT2D eigenvalue weighted by molar-refractivity contribution is 6.39. The molecular weight excluding hydrogens is 304 g/mol. The van der Waals surface area contributed by atoms with Crippen molar-refractivity contribution in [2.24, 2.45) is 5.92 Å². The Morgan fingerprint density at radius 2 is 1.75 bits per heavy atom. The largest absolute Gasteiger partial charge is 0.345 e. The van der Waals surface area contributed by atoms with Crippen molar-refractivity contribution in [3.05, 3.63) is 11.4 Å². The van der Waals surface area contributed by atoms with Gasteiger partial charge in [0.15, 0.2) is 0 Å². The molecule has 1 saturated carbocycles. The summed E-state index contributed by atoms with van der Waals surface area (Å²) in [6.45, 7) is 8.80. The average molecular weight is 334 g/mol. The zero-order chi connectivity index (χ0) is 17.7. The summed E-state index contributed by atoms with van der Waals surface area (Å²) in [6, 6.07) is 0.122. The Labute approximate surface area is 144 Å². The van der Waals surface area contributed by atoms with Crippen molar-refractivity contribution in [2.75, 3.05) is 5.32 Å². The second-order valence-electron chi connectivity index (χ2n) is 7.24. The first-order valence-electron chi connectivity index (χ1n) is 9.04. The fourth-order valence-electron chi connectivity index (χ4n) is 3.25. The SMILES string of the molecule is Cc1nn(CC(C)C)c(C)c1NC(=O)C(=O)NC1CCCCCC1. The molecule has 0 aromatic carbocycles. The Morgan fingerprint density at radius 3 is 2.33 bits per heavy atom. The minimum absolute atomic E-state index is 0.122. The Hall–Kier alpha value is -1.85. The van der Waals surface area contributed by atoms with Crippen LogP contribution in [0.2, 0.25) is 0 Å². The molecule has 0 bridgehead atoms. The number of hydrogen-bond donors (Lipinski definition) is 2. The second kappa shape index (κ2) is 8.31. The summed E-state index contributed by atoms with van der Waals surface area (Å²) in [5.41, 5.74) is 2.28. The van der Waals surface area contributed by atoms with Crippen molar-refractivity contribution < 1.29 is 9.59 Å². The second-order valence-corrected chi connectivity index (χ2v) is 7.24. The van der Waals surface area contributed by atoms with Crippen molar-refractivity contribution in [1.82, 2.24) is 15.1 Å². The van der Waals surface area contributed by atoms with E-state index in [4.69, 9.17) is 0 Å². The summed E-state index contributed by atoms with van der Waals surface area (Å²) < 4.78 is 1.89. The summed E-state index contributed by atoms with van der Waals surface area (Å²) in [6.07, 6.45) is 6.59. The molecular formula is C18H30N4O2. The third-order valence-electron chi connectivity index (χ3n) is 4.55. The van der Waals surface area contributed by atoms with Gasteiger partial charge in [0.1, 0.15) is 0 Å². The van der Waals surface area contributed by atoms with Crippen molar-refractivity contribution in [2.45, 2.75) is 78.8 Å². The third kappa shape index (κ3) is 4.82. The van der Waals surface area contributed by atoms with Gasteiger partial charge in [0.2, 0.25) is 0 Å². The number of nitrogens with one attached hydrogen (secondary N) is 2. The molecule has 2 N–H and O–H groups in total. The van der Waals surface area contributed by atoms with Crippen LogP contribution < -0.4 is 10.6 Å². The van der Waals surface area contributed by atoms with Gasteiger partial charge in [-0.25, -0.2) is 0 Å². The smallest absolute Gasteiger partial charge is 0.313 e. The molecule has 0 atom stereocenters. The maximum Gasteiger partial charge on any atom is 0.313 e. The summed E-state index contributed by atoms with van der Waals surface area (Å²) in [7, 11) is 0. The van der Waals surface area contributed by atoms with Gasteiger partial charge in [0, 0.05) is 12.6 Å². The van der Waals surface area contributed by atoms with Crippen LogP contribution in [-0.2, 0) is 16.1 Å². The minimum atomic E-state index is -0.602. The molecule has 2 amide bonds. The molecule has 1 heterocycles. The monoisotopic (exact) mass is 334 g/mol. The first kappa shape index (κ1) is 18.5. The van der Waals surface area contributed by atoms with E-state index in [9.17, 15) is 9.59 Å². The molecule has 1 aromatic heterocycles. The fraction of sp³-hybridized carbons (Fsp3) is 0.722. The molecule has 24 heavy (non-hydrogen) atoms. The molecule has 0 aliphatic heterocycles. The van der Waals surface area contributed by atoms with E-state index in [1.165, 1.54) is 12.8 Å². The lowest BCUT2D eigenvalue weighted by Crippen LogP contribution is -2.41. The van der Waals surface area contributed by atoms with Crippen molar-refractivity contribution >= 4 is 17.5 Å². The van der Waals surface area contributed by atoms with Gasteiger partial charge in [-0.1, -0.05) is 39.5 Å². The number of nitrogens with zero attached hydrogens (tertiary/aromatic N) is 2. The molecule has 0 saturated heterocycles. The molecule has 134 valence electrons. The standard InChI is InChI=1S/C18H30N4O2/c1-12(2)11-22-14(4)16(13(3)21-22)20-18(24)17(23)19-15-9-7-5-6-8-10-15/h12,15H,5-11H2,1-4H3,(H,19,23)(H,20,24). The Kier molecular flexibility index (Phi) is 6.40. The first-order valence-corrected chi connectivity index (χ1v) is 9.04. The third-order valence-corrected chi connectivity index (χ3v) is 4.55. The number of amides is 2. The number of rotatable bonds is 4. The number of aromatic nitrogens is 2. The molecule has 1 aliphatic rings. The molecule has 0 unspecified atom stereocenters. The van der Waals surface area contributed by atoms with Gasteiger partial charge in [-0.2, -0.15) is 5.10 Å². The molecule has 1 fully saturated rings. The van der Waals surface area contributed by atoms with Gasteiger partial charge in [0.25, 0.3) is 0 Å². The van der Waals surface area contributed by atoms with Gasteiger partial charge >= 0.3 is 11.8 Å². The Morgan fingerprint density at radius 1 is 1.12 bits per heavy atom. The van der Waals surface area contributed by atoms with Crippen molar-refractivity contribution in [3.63, 3.8) is 0 Å². The Bertz CT molecular complexity index is 584. The van der Waals surface area contributed by atoms with E-state index in [-0.39, 0.29) is 6.04 Å². The first-order chi connectivity index (χ1) is 11.4. The molecule has 2 rings (SSSR count). The van der Waals surface area contributed by atoms with Gasteiger partial charge in [-0.3, -0.25) is 14.3 Å². The van der Waals surface area contributed by atoms with Crippen LogP contribution in [0.5, 0.6) is 0 Å².